The van der Waals surface area contributed by atoms with Gasteiger partial charge in [0.05, 0.1) is 0 Å². The topological polar surface area (TPSA) is 0 Å². The second-order valence-corrected chi connectivity index (χ2v) is 19.1. The molecular formula is C38H38Cl2Ti. The Morgan fingerprint density at radius 1 is 0.537 bits per heavy atom. The maximum Gasteiger partial charge on any atom is -1.00 e. The predicted octanol–water partition coefficient (Wildman–Crippen LogP) is 5.21. The zero-order valence-corrected chi connectivity index (χ0v) is 27.1. The van der Waals surface area contributed by atoms with Crippen molar-refractivity contribution >= 4 is 12.2 Å². The molecule has 0 aromatic heterocycles. The van der Waals surface area contributed by atoms with Gasteiger partial charge in [0, 0.05) is 0 Å². The van der Waals surface area contributed by atoms with E-state index in [1.165, 1.54) is 68.5 Å². The number of halogens is 2. The van der Waals surface area contributed by atoms with Crippen LogP contribution in [-0.4, -0.2) is 0 Å². The summed E-state index contributed by atoms with van der Waals surface area (Å²) in [6.07, 6.45) is 10.2. The summed E-state index contributed by atoms with van der Waals surface area (Å²) in [7, 11) is 0. The van der Waals surface area contributed by atoms with Crippen LogP contribution < -0.4 is 24.8 Å². The molecule has 41 heavy (non-hydrogen) atoms. The molecule has 2 unspecified atom stereocenters. The molecule has 0 bridgehead atoms. The monoisotopic (exact) mass is 612 g/mol. The third-order valence-corrected chi connectivity index (χ3v) is 17.8. The van der Waals surface area contributed by atoms with Crippen LogP contribution in [0.25, 0.3) is 34.4 Å². The van der Waals surface area contributed by atoms with Crippen molar-refractivity contribution in [2.75, 3.05) is 0 Å². The smallest absolute Gasteiger partial charge is 1.00 e. The first-order chi connectivity index (χ1) is 19.2. The van der Waals surface area contributed by atoms with Crippen molar-refractivity contribution in [2.24, 2.45) is 0 Å². The SMILES string of the molecule is CCCC1=Cc2c(-c3ccccc3)cccc2[CH]1[Ti+2]1([CH]2C(CCC)=Cc3c(-c4ccccc4)cccc32)[CH2][CH2]1.[Cl-].[Cl-]. The first-order valence-electron chi connectivity index (χ1n) is 15.0. The third kappa shape index (κ3) is 5.12. The van der Waals surface area contributed by atoms with Gasteiger partial charge in [-0.25, -0.2) is 0 Å². The molecule has 4 aromatic rings. The van der Waals surface area contributed by atoms with E-state index in [1.807, 2.05) is 0 Å². The fourth-order valence-electron chi connectivity index (χ4n) is 7.92. The summed E-state index contributed by atoms with van der Waals surface area (Å²) in [4.78, 5) is 0. The van der Waals surface area contributed by atoms with Gasteiger partial charge < -0.3 is 24.8 Å². The van der Waals surface area contributed by atoms with Crippen molar-refractivity contribution in [3.8, 4) is 22.3 Å². The van der Waals surface area contributed by atoms with Crippen LogP contribution in [0.15, 0.2) is 108 Å². The number of rotatable bonds is 8. The second-order valence-electron chi connectivity index (χ2n) is 11.9. The first kappa shape index (κ1) is 30.1. The molecule has 3 aliphatic rings. The normalized spacial score (nSPS) is 18.5. The zero-order chi connectivity index (χ0) is 26.4. The van der Waals surface area contributed by atoms with Crippen LogP contribution in [-0.2, 0) is 16.6 Å². The van der Waals surface area contributed by atoms with Crippen LogP contribution >= 0.6 is 0 Å². The van der Waals surface area contributed by atoms with Crippen molar-refractivity contribution in [2.45, 2.75) is 57.4 Å². The molecule has 208 valence electrons. The Bertz CT molecular complexity index is 1460. The molecule has 0 spiro atoms. The Morgan fingerprint density at radius 3 is 1.32 bits per heavy atom. The molecule has 0 N–H and O–H groups in total. The minimum atomic E-state index is -2.36. The van der Waals surface area contributed by atoms with Crippen LogP contribution in [0.5, 0.6) is 0 Å². The van der Waals surface area contributed by atoms with E-state index in [0.717, 1.165) is 0 Å². The molecule has 4 aromatic carbocycles. The summed E-state index contributed by atoms with van der Waals surface area (Å²) < 4.78 is 4.39. The molecule has 2 atom stereocenters. The molecule has 1 aliphatic heterocycles. The molecule has 1 saturated heterocycles. The first-order valence-corrected chi connectivity index (χ1v) is 19.0. The van der Waals surface area contributed by atoms with E-state index < -0.39 is 16.6 Å². The van der Waals surface area contributed by atoms with E-state index in [-0.39, 0.29) is 24.8 Å². The van der Waals surface area contributed by atoms with Gasteiger partial charge in [-0.1, -0.05) is 0 Å². The van der Waals surface area contributed by atoms with Crippen LogP contribution in [0.3, 0.4) is 0 Å². The van der Waals surface area contributed by atoms with E-state index in [4.69, 9.17) is 0 Å². The quantitative estimate of drug-likeness (QED) is 0.240. The largest absolute Gasteiger partial charge is 1.00 e. The molecule has 0 saturated carbocycles. The van der Waals surface area contributed by atoms with Crippen molar-refractivity contribution in [1.82, 2.24) is 0 Å². The van der Waals surface area contributed by atoms with Gasteiger partial charge in [0.25, 0.3) is 0 Å². The minimum Gasteiger partial charge on any atom is -1.00 e. The third-order valence-electron chi connectivity index (χ3n) is 9.53. The van der Waals surface area contributed by atoms with Gasteiger partial charge in [0.15, 0.2) is 0 Å². The number of benzene rings is 4. The molecule has 0 nitrogen and oxygen atoms in total. The van der Waals surface area contributed by atoms with Gasteiger partial charge in [-0.2, -0.15) is 0 Å². The van der Waals surface area contributed by atoms with Crippen molar-refractivity contribution in [3.05, 3.63) is 130 Å². The number of fused-ring (bicyclic) bond motifs is 2. The van der Waals surface area contributed by atoms with Crippen LogP contribution in [0, 0.1) is 0 Å². The van der Waals surface area contributed by atoms with Gasteiger partial charge in [-0.3, -0.25) is 0 Å². The predicted molar refractivity (Wildman–Crippen MR) is 165 cm³/mol. The fourth-order valence-corrected chi connectivity index (χ4v) is 18.3. The maximum absolute atomic E-state index is 2.64. The average molecular weight is 613 g/mol. The van der Waals surface area contributed by atoms with Crippen LogP contribution in [0.2, 0.25) is 9.45 Å². The molecule has 1 heterocycles. The van der Waals surface area contributed by atoms with E-state index in [9.17, 15) is 0 Å². The Kier molecular flexibility index (Phi) is 9.17. The summed E-state index contributed by atoms with van der Waals surface area (Å²) in [5.74, 6) is 0. The molecule has 7 rings (SSSR count). The minimum absolute atomic E-state index is 0. The van der Waals surface area contributed by atoms with E-state index >= 15 is 0 Å². The van der Waals surface area contributed by atoms with Gasteiger partial charge in [-0.15, -0.1) is 0 Å². The van der Waals surface area contributed by atoms with Crippen molar-refractivity contribution < 1.29 is 41.4 Å². The summed E-state index contributed by atoms with van der Waals surface area (Å²) in [6.45, 7) is 4.73. The maximum atomic E-state index is 2.64. The van der Waals surface area contributed by atoms with Gasteiger partial charge in [-0.05, 0) is 0 Å². The number of hydrogen-bond donors (Lipinski definition) is 0. The summed E-state index contributed by atoms with van der Waals surface area (Å²) in [5.41, 5.74) is 15.4. The van der Waals surface area contributed by atoms with Crippen LogP contribution in [0.4, 0.5) is 0 Å². The molecular weight excluding hydrogens is 575 g/mol. The number of hydrogen-bond acceptors (Lipinski definition) is 0. The van der Waals surface area contributed by atoms with Crippen molar-refractivity contribution in [3.63, 3.8) is 0 Å². The van der Waals surface area contributed by atoms with Gasteiger partial charge in [0.1, 0.15) is 0 Å². The Morgan fingerprint density at radius 2 is 0.951 bits per heavy atom. The van der Waals surface area contributed by atoms with E-state index in [2.05, 4.69) is 123 Å². The number of allylic oxidation sites excluding steroid dienone is 2. The second kappa shape index (κ2) is 12.5. The Hall–Kier alpha value is -2.35. The zero-order valence-electron chi connectivity index (χ0n) is 24.0. The average Bonchev–Trinajstić information content (AvgIpc) is 3.53. The molecule has 0 radical (unpaired) electrons. The molecule has 1 fully saturated rings. The Labute approximate surface area is 262 Å². The fraction of sp³-hybridized carbons (Fsp3) is 0.263. The summed E-state index contributed by atoms with van der Waals surface area (Å²) in [5, 5.41) is 0. The van der Waals surface area contributed by atoms with E-state index in [1.54, 1.807) is 22.3 Å². The standard InChI is InChI=1S/2C18H17.C2H4.2ClH.Ti/c2*1-2-7-14-12-16-10-6-11-17(18(16)13-14)15-8-4-3-5-9-15;1-2;;;/h2*3-6,8-13H,2,7H2,1H3;1-2H2;2*1H;/q;;;;;+2/p-2. The van der Waals surface area contributed by atoms with E-state index in [0.29, 0.717) is 8.45 Å². The Balaban J connectivity index is 0.00000169. The molecule has 3 heteroatoms. The summed E-state index contributed by atoms with van der Waals surface area (Å²) in [6, 6.07) is 36.5. The van der Waals surface area contributed by atoms with Crippen LogP contribution in [0.1, 0.15) is 70.2 Å². The van der Waals surface area contributed by atoms with Crippen molar-refractivity contribution in [1.29, 1.82) is 0 Å². The van der Waals surface area contributed by atoms with Gasteiger partial charge in [0.2, 0.25) is 0 Å². The summed E-state index contributed by atoms with van der Waals surface area (Å²) >= 11 is -2.36. The molecule has 2 aliphatic carbocycles. The van der Waals surface area contributed by atoms with Gasteiger partial charge >= 0.3 is 239 Å². The molecule has 0 amide bonds.